The van der Waals surface area contributed by atoms with E-state index < -0.39 is 5.60 Å². The summed E-state index contributed by atoms with van der Waals surface area (Å²) in [7, 11) is 0. The molecule has 0 unspecified atom stereocenters. The van der Waals surface area contributed by atoms with Gasteiger partial charge in [0.25, 0.3) is 0 Å². The van der Waals surface area contributed by atoms with Crippen LogP contribution < -0.4 is 0 Å². The first kappa shape index (κ1) is 13.0. The predicted octanol–water partition coefficient (Wildman–Crippen LogP) is 1.74. The number of benzene rings is 1. The number of nitrogens with zero attached hydrogens (tertiary/aromatic N) is 1. The molecule has 18 heavy (non-hydrogen) atoms. The minimum absolute atomic E-state index is 0.00361. The fraction of sp³-hybridized carbons (Fsp3) is 0.500. The zero-order valence-electron chi connectivity index (χ0n) is 10.5. The van der Waals surface area contributed by atoms with Crippen LogP contribution in [0, 0.1) is 5.82 Å². The zero-order valence-corrected chi connectivity index (χ0v) is 10.5. The Labute approximate surface area is 106 Å². The zero-order chi connectivity index (χ0) is 13.2. The van der Waals surface area contributed by atoms with E-state index in [1.807, 2.05) is 0 Å². The highest BCUT2D eigenvalue weighted by Crippen LogP contribution is 2.21. The van der Waals surface area contributed by atoms with Crippen LogP contribution >= 0.6 is 0 Å². The van der Waals surface area contributed by atoms with Gasteiger partial charge in [0.05, 0.1) is 12.0 Å². The van der Waals surface area contributed by atoms with E-state index in [0.717, 1.165) is 0 Å². The number of likely N-dealkylation sites (tertiary alicyclic amines) is 1. The van der Waals surface area contributed by atoms with E-state index >= 15 is 0 Å². The molecule has 0 atom stereocenters. The second-order valence-electron chi connectivity index (χ2n) is 5.18. The number of rotatable bonds is 2. The van der Waals surface area contributed by atoms with Crippen molar-refractivity contribution in [2.45, 2.75) is 31.8 Å². The number of aliphatic hydroxyl groups is 1. The molecule has 1 aliphatic heterocycles. The molecule has 1 fully saturated rings. The lowest BCUT2D eigenvalue weighted by Gasteiger charge is -2.35. The number of piperidine rings is 1. The van der Waals surface area contributed by atoms with E-state index in [1.54, 1.807) is 24.0 Å². The number of amides is 1. The molecule has 4 heteroatoms. The van der Waals surface area contributed by atoms with Crippen molar-refractivity contribution in [3.8, 4) is 0 Å². The summed E-state index contributed by atoms with van der Waals surface area (Å²) in [5.74, 6) is -0.321. The van der Waals surface area contributed by atoms with E-state index in [-0.39, 0.29) is 18.1 Å². The third-order valence-electron chi connectivity index (χ3n) is 3.44. The summed E-state index contributed by atoms with van der Waals surface area (Å²) < 4.78 is 13.0. The molecule has 1 heterocycles. The van der Waals surface area contributed by atoms with Gasteiger partial charge in [-0.1, -0.05) is 12.1 Å². The highest BCUT2D eigenvalue weighted by Gasteiger charge is 2.29. The lowest BCUT2D eigenvalue weighted by molar-refractivity contribution is -0.134. The van der Waals surface area contributed by atoms with Gasteiger partial charge < -0.3 is 10.0 Å². The lowest BCUT2D eigenvalue weighted by Crippen LogP contribution is -2.45. The lowest BCUT2D eigenvalue weighted by atomic mass is 9.93. The molecule has 1 saturated heterocycles. The van der Waals surface area contributed by atoms with E-state index in [2.05, 4.69) is 0 Å². The second kappa shape index (κ2) is 5.06. The Morgan fingerprint density at radius 2 is 2.11 bits per heavy atom. The first-order chi connectivity index (χ1) is 8.46. The van der Waals surface area contributed by atoms with Crippen molar-refractivity contribution in [2.75, 3.05) is 13.1 Å². The summed E-state index contributed by atoms with van der Waals surface area (Å²) in [5, 5.41) is 9.81. The van der Waals surface area contributed by atoms with Gasteiger partial charge in [-0.25, -0.2) is 4.39 Å². The SMILES string of the molecule is CC1(O)CCN(C(=O)Cc2cccc(F)c2)CC1. The Kier molecular flexibility index (Phi) is 3.66. The van der Waals surface area contributed by atoms with Crippen molar-refractivity contribution < 1.29 is 14.3 Å². The quantitative estimate of drug-likeness (QED) is 0.869. The summed E-state index contributed by atoms with van der Waals surface area (Å²) in [6, 6.07) is 6.12. The van der Waals surface area contributed by atoms with Gasteiger partial charge in [0.2, 0.25) is 5.91 Å². The maximum atomic E-state index is 13.0. The largest absolute Gasteiger partial charge is 0.390 e. The highest BCUT2D eigenvalue weighted by atomic mass is 19.1. The van der Waals surface area contributed by atoms with Crippen molar-refractivity contribution >= 4 is 5.91 Å². The Morgan fingerprint density at radius 3 is 2.72 bits per heavy atom. The Hall–Kier alpha value is -1.42. The second-order valence-corrected chi connectivity index (χ2v) is 5.18. The molecule has 0 aliphatic carbocycles. The van der Waals surface area contributed by atoms with E-state index in [0.29, 0.717) is 31.5 Å². The fourth-order valence-corrected chi connectivity index (χ4v) is 2.17. The Morgan fingerprint density at radius 1 is 1.44 bits per heavy atom. The molecule has 1 aromatic carbocycles. The first-order valence-corrected chi connectivity index (χ1v) is 6.21. The van der Waals surface area contributed by atoms with Crippen LogP contribution in [0.1, 0.15) is 25.3 Å². The molecule has 0 radical (unpaired) electrons. The number of halogens is 1. The van der Waals surface area contributed by atoms with Crippen LogP contribution in [0.3, 0.4) is 0 Å². The average molecular weight is 251 g/mol. The van der Waals surface area contributed by atoms with Gasteiger partial charge >= 0.3 is 0 Å². The molecular formula is C14H18FNO2. The molecule has 98 valence electrons. The minimum Gasteiger partial charge on any atom is -0.390 e. The molecule has 0 aromatic heterocycles. The fourth-order valence-electron chi connectivity index (χ4n) is 2.17. The van der Waals surface area contributed by atoms with Crippen LogP contribution in [0.15, 0.2) is 24.3 Å². The monoisotopic (exact) mass is 251 g/mol. The van der Waals surface area contributed by atoms with Crippen molar-refractivity contribution in [1.29, 1.82) is 0 Å². The maximum absolute atomic E-state index is 13.0. The Balaban J connectivity index is 1.93. The van der Waals surface area contributed by atoms with Crippen molar-refractivity contribution in [1.82, 2.24) is 4.90 Å². The van der Waals surface area contributed by atoms with Gasteiger partial charge in [-0.3, -0.25) is 4.79 Å². The molecule has 1 N–H and O–H groups in total. The van der Waals surface area contributed by atoms with Gasteiger partial charge in [-0.05, 0) is 37.5 Å². The van der Waals surface area contributed by atoms with Gasteiger partial charge in [0.1, 0.15) is 5.82 Å². The number of carbonyl (C=O) groups is 1. The summed E-state index contributed by atoms with van der Waals surface area (Å²) in [6.07, 6.45) is 1.42. The van der Waals surface area contributed by atoms with Crippen LogP contribution in [0.4, 0.5) is 4.39 Å². The molecule has 1 aliphatic rings. The van der Waals surface area contributed by atoms with Gasteiger partial charge in [0.15, 0.2) is 0 Å². The van der Waals surface area contributed by atoms with Crippen molar-refractivity contribution in [3.63, 3.8) is 0 Å². The third kappa shape index (κ3) is 3.29. The van der Waals surface area contributed by atoms with Crippen molar-refractivity contribution in [3.05, 3.63) is 35.6 Å². The van der Waals surface area contributed by atoms with Gasteiger partial charge in [0, 0.05) is 13.1 Å². The van der Waals surface area contributed by atoms with Crippen LogP contribution in [-0.4, -0.2) is 34.6 Å². The summed E-state index contributed by atoms with van der Waals surface area (Å²) in [4.78, 5) is 13.8. The molecule has 1 aromatic rings. The molecule has 0 spiro atoms. The number of carbonyl (C=O) groups excluding carboxylic acids is 1. The van der Waals surface area contributed by atoms with E-state index in [9.17, 15) is 14.3 Å². The Bertz CT molecular complexity index is 435. The van der Waals surface area contributed by atoms with Crippen LogP contribution in [-0.2, 0) is 11.2 Å². The van der Waals surface area contributed by atoms with Crippen LogP contribution in [0.5, 0.6) is 0 Å². The minimum atomic E-state index is -0.657. The highest BCUT2D eigenvalue weighted by molar-refractivity contribution is 5.78. The smallest absolute Gasteiger partial charge is 0.226 e. The van der Waals surface area contributed by atoms with Crippen LogP contribution in [0.25, 0.3) is 0 Å². The number of hydrogen-bond acceptors (Lipinski definition) is 2. The molecule has 3 nitrogen and oxygen atoms in total. The van der Waals surface area contributed by atoms with Crippen molar-refractivity contribution in [2.24, 2.45) is 0 Å². The average Bonchev–Trinajstić information content (AvgIpc) is 2.28. The standard InChI is InChI=1S/C14H18FNO2/c1-14(18)5-7-16(8-6-14)13(17)10-11-3-2-4-12(15)9-11/h2-4,9,18H,5-8,10H2,1H3. The predicted molar refractivity (Wildman–Crippen MR) is 66.5 cm³/mol. The topological polar surface area (TPSA) is 40.5 Å². The first-order valence-electron chi connectivity index (χ1n) is 6.21. The summed E-state index contributed by atoms with van der Waals surface area (Å²) >= 11 is 0. The molecule has 0 bridgehead atoms. The van der Waals surface area contributed by atoms with E-state index in [4.69, 9.17) is 0 Å². The third-order valence-corrected chi connectivity index (χ3v) is 3.44. The molecular weight excluding hydrogens is 233 g/mol. The number of hydrogen-bond donors (Lipinski definition) is 1. The summed E-state index contributed by atoms with van der Waals surface area (Å²) in [6.45, 7) is 2.93. The normalized spacial score (nSPS) is 18.7. The maximum Gasteiger partial charge on any atom is 0.226 e. The van der Waals surface area contributed by atoms with Gasteiger partial charge in [-0.2, -0.15) is 0 Å². The molecule has 0 saturated carbocycles. The molecule has 1 amide bonds. The van der Waals surface area contributed by atoms with Gasteiger partial charge in [-0.15, -0.1) is 0 Å². The van der Waals surface area contributed by atoms with E-state index in [1.165, 1.54) is 12.1 Å². The molecule has 2 rings (SSSR count). The van der Waals surface area contributed by atoms with Crippen LogP contribution in [0.2, 0.25) is 0 Å². The summed E-state index contributed by atoms with van der Waals surface area (Å²) in [5.41, 5.74) is 0.0349.